The Hall–Kier alpha value is -2.54. The van der Waals surface area contributed by atoms with Crippen molar-refractivity contribution in [3.05, 3.63) is 47.8 Å². The lowest BCUT2D eigenvalue weighted by Gasteiger charge is -2.19. The molecule has 0 saturated heterocycles. The molecule has 2 N–H and O–H groups in total. The van der Waals surface area contributed by atoms with E-state index in [4.69, 9.17) is 5.26 Å². The number of pyridine rings is 1. The summed E-state index contributed by atoms with van der Waals surface area (Å²) in [4.78, 5) is 4.04. The molecule has 0 aliphatic carbocycles. The fourth-order valence-corrected chi connectivity index (χ4v) is 2.25. The van der Waals surface area contributed by atoms with Crippen LogP contribution in [0.5, 0.6) is 0 Å². The molecule has 1 aliphatic heterocycles. The number of nitrogens with one attached hydrogen (secondary N) is 2. The first-order valence-corrected chi connectivity index (χ1v) is 6.35. The molecule has 0 fully saturated rings. The zero-order chi connectivity index (χ0) is 13.1. The van der Waals surface area contributed by atoms with Crippen LogP contribution in [-0.2, 0) is 6.42 Å². The van der Waals surface area contributed by atoms with Crippen LogP contribution in [0.25, 0.3) is 0 Å². The highest BCUT2D eigenvalue weighted by molar-refractivity contribution is 5.65. The van der Waals surface area contributed by atoms with Crippen molar-refractivity contribution < 1.29 is 0 Å². The topological polar surface area (TPSA) is 60.7 Å². The quantitative estimate of drug-likeness (QED) is 0.860. The molecule has 0 amide bonds. The average Bonchev–Trinajstić information content (AvgIpc) is 2.48. The fourth-order valence-electron chi connectivity index (χ4n) is 2.25. The SMILES string of the molecule is N#Cc1ccc(Nc2ccc3c(c2)CCCN3)cn1. The number of benzene rings is 1. The molecule has 0 atom stereocenters. The summed E-state index contributed by atoms with van der Waals surface area (Å²) in [6, 6.07) is 11.9. The van der Waals surface area contributed by atoms with Gasteiger partial charge in [0.15, 0.2) is 0 Å². The molecule has 4 nitrogen and oxygen atoms in total. The Balaban J connectivity index is 1.81. The molecule has 0 bridgehead atoms. The van der Waals surface area contributed by atoms with Crippen LogP contribution in [0.1, 0.15) is 17.7 Å². The zero-order valence-electron chi connectivity index (χ0n) is 10.5. The number of nitriles is 1. The summed E-state index contributed by atoms with van der Waals surface area (Å²) in [5, 5.41) is 15.4. The molecule has 2 heterocycles. The van der Waals surface area contributed by atoms with Crippen molar-refractivity contribution in [3.8, 4) is 6.07 Å². The number of nitrogens with zero attached hydrogens (tertiary/aromatic N) is 2. The monoisotopic (exact) mass is 250 g/mol. The van der Waals surface area contributed by atoms with Crippen molar-refractivity contribution in [2.45, 2.75) is 12.8 Å². The van der Waals surface area contributed by atoms with Gasteiger partial charge < -0.3 is 10.6 Å². The molecule has 94 valence electrons. The van der Waals surface area contributed by atoms with E-state index in [0.717, 1.165) is 24.3 Å². The molecule has 0 unspecified atom stereocenters. The molecule has 3 rings (SSSR count). The molecule has 1 aromatic heterocycles. The molecular formula is C15H14N4. The van der Waals surface area contributed by atoms with Gasteiger partial charge in [-0.2, -0.15) is 5.26 Å². The maximum atomic E-state index is 8.71. The first-order valence-electron chi connectivity index (χ1n) is 6.35. The second-order valence-corrected chi connectivity index (χ2v) is 4.57. The maximum absolute atomic E-state index is 8.71. The van der Waals surface area contributed by atoms with Crippen LogP contribution >= 0.6 is 0 Å². The van der Waals surface area contributed by atoms with E-state index in [0.29, 0.717) is 5.69 Å². The first kappa shape index (κ1) is 11.5. The van der Waals surface area contributed by atoms with Crippen LogP contribution in [0.3, 0.4) is 0 Å². The Morgan fingerprint density at radius 3 is 2.89 bits per heavy atom. The van der Waals surface area contributed by atoms with Gasteiger partial charge in [0.05, 0.1) is 11.9 Å². The number of fused-ring (bicyclic) bond motifs is 1. The highest BCUT2D eigenvalue weighted by atomic mass is 14.9. The number of hydrogen-bond acceptors (Lipinski definition) is 4. The Bertz CT molecular complexity index is 626. The summed E-state index contributed by atoms with van der Waals surface area (Å²) >= 11 is 0. The predicted molar refractivity (Wildman–Crippen MR) is 75.5 cm³/mol. The van der Waals surface area contributed by atoms with Gasteiger partial charge in [0.1, 0.15) is 11.8 Å². The third kappa shape index (κ3) is 2.50. The van der Waals surface area contributed by atoms with Gasteiger partial charge in [-0.15, -0.1) is 0 Å². The lowest BCUT2D eigenvalue weighted by atomic mass is 10.0. The number of hydrogen-bond donors (Lipinski definition) is 2. The minimum Gasteiger partial charge on any atom is -0.385 e. The van der Waals surface area contributed by atoms with Crippen LogP contribution in [0.4, 0.5) is 17.1 Å². The van der Waals surface area contributed by atoms with Gasteiger partial charge >= 0.3 is 0 Å². The standard InChI is InChI=1S/C15H14N4/c16-9-13-3-4-14(10-18-13)19-12-5-6-15-11(8-12)2-1-7-17-15/h3-6,8,10,17,19H,1-2,7H2. The van der Waals surface area contributed by atoms with Crippen molar-refractivity contribution in [1.29, 1.82) is 5.26 Å². The Morgan fingerprint density at radius 1 is 1.21 bits per heavy atom. The van der Waals surface area contributed by atoms with Crippen LogP contribution in [-0.4, -0.2) is 11.5 Å². The van der Waals surface area contributed by atoms with Gasteiger partial charge in [-0.05, 0) is 48.7 Å². The summed E-state index contributed by atoms with van der Waals surface area (Å²) in [6.07, 6.45) is 3.97. The first-order chi connectivity index (χ1) is 9.35. The molecule has 0 spiro atoms. The number of aromatic nitrogens is 1. The summed E-state index contributed by atoms with van der Waals surface area (Å²) < 4.78 is 0. The number of anilines is 3. The largest absolute Gasteiger partial charge is 0.385 e. The maximum Gasteiger partial charge on any atom is 0.140 e. The number of rotatable bonds is 2. The lowest BCUT2D eigenvalue weighted by molar-refractivity contribution is 0.830. The highest BCUT2D eigenvalue weighted by Crippen LogP contribution is 2.26. The van der Waals surface area contributed by atoms with E-state index in [9.17, 15) is 0 Å². The van der Waals surface area contributed by atoms with Gasteiger partial charge in [0, 0.05) is 17.9 Å². The third-order valence-corrected chi connectivity index (χ3v) is 3.21. The Labute approximate surface area is 112 Å². The third-order valence-electron chi connectivity index (χ3n) is 3.21. The summed E-state index contributed by atoms with van der Waals surface area (Å²) in [5.74, 6) is 0. The highest BCUT2D eigenvalue weighted by Gasteiger charge is 2.08. The smallest absolute Gasteiger partial charge is 0.140 e. The Kier molecular flexibility index (Phi) is 3.03. The minimum atomic E-state index is 0.431. The fraction of sp³-hybridized carbons (Fsp3) is 0.200. The van der Waals surface area contributed by atoms with E-state index >= 15 is 0 Å². The van der Waals surface area contributed by atoms with Crippen molar-refractivity contribution in [1.82, 2.24) is 4.98 Å². The Morgan fingerprint density at radius 2 is 2.11 bits per heavy atom. The van der Waals surface area contributed by atoms with Crippen molar-refractivity contribution in [3.63, 3.8) is 0 Å². The van der Waals surface area contributed by atoms with Gasteiger partial charge in [-0.1, -0.05) is 0 Å². The van der Waals surface area contributed by atoms with E-state index in [1.54, 1.807) is 12.3 Å². The van der Waals surface area contributed by atoms with Crippen molar-refractivity contribution >= 4 is 17.1 Å². The molecule has 2 aromatic rings. The van der Waals surface area contributed by atoms with E-state index in [-0.39, 0.29) is 0 Å². The van der Waals surface area contributed by atoms with E-state index in [1.807, 2.05) is 12.1 Å². The van der Waals surface area contributed by atoms with Crippen LogP contribution < -0.4 is 10.6 Å². The molecular weight excluding hydrogens is 236 g/mol. The molecule has 19 heavy (non-hydrogen) atoms. The normalized spacial score (nSPS) is 13.0. The summed E-state index contributed by atoms with van der Waals surface area (Å²) in [7, 11) is 0. The van der Waals surface area contributed by atoms with E-state index < -0.39 is 0 Å². The minimum absolute atomic E-state index is 0.431. The van der Waals surface area contributed by atoms with Gasteiger partial charge in [-0.25, -0.2) is 4.98 Å². The van der Waals surface area contributed by atoms with Crippen LogP contribution in [0, 0.1) is 11.3 Å². The van der Waals surface area contributed by atoms with Crippen LogP contribution in [0.15, 0.2) is 36.5 Å². The number of aryl methyl sites for hydroxylation is 1. The zero-order valence-corrected chi connectivity index (χ0v) is 10.5. The average molecular weight is 250 g/mol. The van der Waals surface area contributed by atoms with Crippen molar-refractivity contribution in [2.75, 3.05) is 17.2 Å². The van der Waals surface area contributed by atoms with Gasteiger partial charge in [0.2, 0.25) is 0 Å². The molecule has 0 radical (unpaired) electrons. The van der Waals surface area contributed by atoms with Gasteiger partial charge in [0.25, 0.3) is 0 Å². The van der Waals surface area contributed by atoms with Gasteiger partial charge in [-0.3, -0.25) is 0 Å². The van der Waals surface area contributed by atoms with E-state index in [1.165, 1.54) is 17.7 Å². The van der Waals surface area contributed by atoms with Crippen LogP contribution in [0.2, 0.25) is 0 Å². The second-order valence-electron chi connectivity index (χ2n) is 4.57. The predicted octanol–water partition coefficient (Wildman–Crippen LogP) is 3.05. The summed E-state index contributed by atoms with van der Waals surface area (Å²) in [5.41, 5.74) is 4.95. The lowest BCUT2D eigenvalue weighted by Crippen LogP contribution is -2.11. The molecule has 0 saturated carbocycles. The summed E-state index contributed by atoms with van der Waals surface area (Å²) in [6.45, 7) is 1.05. The molecule has 4 heteroatoms. The second kappa shape index (κ2) is 4.99. The van der Waals surface area contributed by atoms with E-state index in [2.05, 4.69) is 33.8 Å². The molecule has 1 aliphatic rings. The molecule has 1 aromatic carbocycles. The van der Waals surface area contributed by atoms with Crippen molar-refractivity contribution in [2.24, 2.45) is 0 Å².